The predicted octanol–water partition coefficient (Wildman–Crippen LogP) is 0.779. The van der Waals surface area contributed by atoms with Gasteiger partial charge < -0.3 is 15.6 Å². The number of rotatable bonds is 6. The van der Waals surface area contributed by atoms with Crippen LogP contribution >= 0.6 is 0 Å². The molecule has 1 atom stereocenters. The van der Waals surface area contributed by atoms with E-state index in [1.165, 1.54) is 0 Å². The van der Waals surface area contributed by atoms with Gasteiger partial charge in [0.05, 0.1) is 0 Å². The molecular formula is C12H15NO4. The van der Waals surface area contributed by atoms with Gasteiger partial charge in [0.15, 0.2) is 5.92 Å². The summed E-state index contributed by atoms with van der Waals surface area (Å²) in [5.74, 6) is -3.12. The SMILES string of the molecule is NCCC(C(=O)O)C(=O)OCc1ccccc1. The molecule has 0 spiro atoms. The van der Waals surface area contributed by atoms with Crippen LogP contribution in [0.3, 0.4) is 0 Å². The fraction of sp³-hybridized carbons (Fsp3) is 0.333. The van der Waals surface area contributed by atoms with Gasteiger partial charge in [-0.25, -0.2) is 0 Å². The normalized spacial score (nSPS) is 11.8. The maximum absolute atomic E-state index is 11.5. The second-order valence-corrected chi connectivity index (χ2v) is 3.56. The number of esters is 1. The van der Waals surface area contributed by atoms with E-state index < -0.39 is 17.9 Å². The lowest BCUT2D eigenvalue weighted by Gasteiger charge is -2.10. The first-order valence-electron chi connectivity index (χ1n) is 5.28. The lowest BCUT2D eigenvalue weighted by atomic mass is 10.1. The van der Waals surface area contributed by atoms with E-state index in [1.807, 2.05) is 18.2 Å². The molecule has 0 bridgehead atoms. The maximum Gasteiger partial charge on any atom is 0.320 e. The Morgan fingerprint density at radius 2 is 1.94 bits per heavy atom. The van der Waals surface area contributed by atoms with E-state index in [0.717, 1.165) is 5.56 Å². The summed E-state index contributed by atoms with van der Waals surface area (Å²) in [5.41, 5.74) is 6.06. The second-order valence-electron chi connectivity index (χ2n) is 3.56. The maximum atomic E-state index is 11.5. The Kier molecular flexibility index (Phi) is 5.16. The highest BCUT2D eigenvalue weighted by Crippen LogP contribution is 2.08. The average molecular weight is 237 g/mol. The molecule has 0 saturated heterocycles. The Hall–Kier alpha value is -1.88. The summed E-state index contributed by atoms with van der Waals surface area (Å²) < 4.78 is 4.93. The van der Waals surface area contributed by atoms with Gasteiger partial charge in [-0.1, -0.05) is 30.3 Å². The third-order valence-corrected chi connectivity index (χ3v) is 2.26. The van der Waals surface area contributed by atoms with Crippen LogP contribution < -0.4 is 5.73 Å². The molecule has 0 heterocycles. The molecule has 1 aromatic rings. The van der Waals surface area contributed by atoms with Crippen LogP contribution in [0.15, 0.2) is 30.3 Å². The Labute approximate surface area is 99.2 Å². The lowest BCUT2D eigenvalue weighted by Crippen LogP contribution is -2.28. The summed E-state index contributed by atoms with van der Waals surface area (Å²) in [5, 5.41) is 8.82. The van der Waals surface area contributed by atoms with E-state index in [2.05, 4.69) is 0 Å². The van der Waals surface area contributed by atoms with Crippen LogP contribution in [0.2, 0.25) is 0 Å². The molecule has 5 nitrogen and oxygen atoms in total. The molecule has 1 rings (SSSR count). The molecule has 0 aliphatic carbocycles. The number of ether oxygens (including phenoxy) is 1. The fourth-order valence-corrected chi connectivity index (χ4v) is 1.34. The summed E-state index contributed by atoms with van der Waals surface area (Å²) in [6.07, 6.45) is 0.0863. The monoisotopic (exact) mass is 237 g/mol. The number of hydrogen-bond donors (Lipinski definition) is 2. The number of nitrogens with two attached hydrogens (primary N) is 1. The van der Waals surface area contributed by atoms with Crippen LogP contribution in [0.25, 0.3) is 0 Å². The number of aliphatic carboxylic acids is 1. The van der Waals surface area contributed by atoms with E-state index in [1.54, 1.807) is 12.1 Å². The fourth-order valence-electron chi connectivity index (χ4n) is 1.34. The highest BCUT2D eigenvalue weighted by atomic mass is 16.5. The van der Waals surface area contributed by atoms with E-state index in [0.29, 0.717) is 0 Å². The summed E-state index contributed by atoms with van der Waals surface area (Å²) in [7, 11) is 0. The van der Waals surface area contributed by atoms with Crippen molar-refractivity contribution in [2.45, 2.75) is 13.0 Å². The van der Waals surface area contributed by atoms with Crippen LogP contribution in [0.4, 0.5) is 0 Å². The number of hydrogen-bond acceptors (Lipinski definition) is 4. The van der Waals surface area contributed by atoms with Gasteiger partial charge in [0.25, 0.3) is 0 Å². The highest BCUT2D eigenvalue weighted by Gasteiger charge is 2.26. The molecule has 1 unspecified atom stereocenters. The Balaban J connectivity index is 2.50. The van der Waals surface area contributed by atoms with E-state index in [9.17, 15) is 9.59 Å². The molecule has 0 aromatic heterocycles. The first kappa shape index (κ1) is 13.2. The van der Waals surface area contributed by atoms with Crippen molar-refractivity contribution in [1.29, 1.82) is 0 Å². The van der Waals surface area contributed by atoms with E-state index in [-0.39, 0.29) is 19.6 Å². The minimum atomic E-state index is -1.20. The minimum absolute atomic E-state index is 0.0774. The highest BCUT2D eigenvalue weighted by molar-refractivity contribution is 5.93. The van der Waals surface area contributed by atoms with Crippen LogP contribution in [0.1, 0.15) is 12.0 Å². The van der Waals surface area contributed by atoms with Crippen molar-refractivity contribution in [3.63, 3.8) is 0 Å². The van der Waals surface area contributed by atoms with Gasteiger partial charge in [0, 0.05) is 0 Å². The molecule has 3 N–H and O–H groups in total. The molecule has 92 valence electrons. The number of benzene rings is 1. The summed E-state index contributed by atoms with van der Waals surface area (Å²) in [6, 6.07) is 9.08. The van der Waals surface area contributed by atoms with Crippen molar-refractivity contribution < 1.29 is 19.4 Å². The van der Waals surface area contributed by atoms with Gasteiger partial charge in [-0.05, 0) is 18.5 Å². The largest absolute Gasteiger partial charge is 0.481 e. The third-order valence-electron chi connectivity index (χ3n) is 2.26. The topological polar surface area (TPSA) is 89.6 Å². The van der Waals surface area contributed by atoms with Crippen molar-refractivity contribution in [1.82, 2.24) is 0 Å². The minimum Gasteiger partial charge on any atom is -0.481 e. The van der Waals surface area contributed by atoms with Crippen molar-refractivity contribution >= 4 is 11.9 Å². The molecule has 5 heteroatoms. The zero-order valence-corrected chi connectivity index (χ0v) is 9.33. The molecule has 17 heavy (non-hydrogen) atoms. The molecule has 0 amide bonds. The van der Waals surface area contributed by atoms with Crippen LogP contribution in [-0.4, -0.2) is 23.6 Å². The zero-order valence-electron chi connectivity index (χ0n) is 9.33. The Morgan fingerprint density at radius 3 is 2.47 bits per heavy atom. The average Bonchev–Trinajstić information content (AvgIpc) is 2.34. The molecule has 0 aliphatic heterocycles. The molecule has 0 radical (unpaired) electrons. The molecule has 0 saturated carbocycles. The first-order valence-corrected chi connectivity index (χ1v) is 5.28. The van der Waals surface area contributed by atoms with E-state index >= 15 is 0 Å². The Bertz CT molecular complexity index is 377. The van der Waals surface area contributed by atoms with Crippen molar-refractivity contribution in [3.8, 4) is 0 Å². The number of carboxylic acids is 1. The number of carboxylic acid groups (broad SMARTS) is 1. The number of carbonyl (C=O) groups is 2. The van der Waals surface area contributed by atoms with Crippen LogP contribution in [0.5, 0.6) is 0 Å². The summed E-state index contributed by atoms with van der Waals surface area (Å²) in [6.45, 7) is 0.214. The van der Waals surface area contributed by atoms with Gasteiger partial charge in [-0.3, -0.25) is 9.59 Å². The van der Waals surface area contributed by atoms with Crippen LogP contribution in [0, 0.1) is 5.92 Å². The summed E-state index contributed by atoms with van der Waals surface area (Å²) >= 11 is 0. The summed E-state index contributed by atoms with van der Waals surface area (Å²) in [4.78, 5) is 22.3. The molecular weight excluding hydrogens is 222 g/mol. The second kappa shape index (κ2) is 6.65. The van der Waals surface area contributed by atoms with Crippen LogP contribution in [-0.2, 0) is 20.9 Å². The Morgan fingerprint density at radius 1 is 1.29 bits per heavy atom. The zero-order chi connectivity index (χ0) is 12.7. The van der Waals surface area contributed by atoms with Crippen molar-refractivity contribution in [2.75, 3.05) is 6.54 Å². The molecule has 0 aliphatic rings. The quantitative estimate of drug-likeness (QED) is 0.563. The van der Waals surface area contributed by atoms with Gasteiger partial charge in [0.1, 0.15) is 6.61 Å². The van der Waals surface area contributed by atoms with E-state index in [4.69, 9.17) is 15.6 Å². The van der Waals surface area contributed by atoms with Crippen molar-refractivity contribution in [2.24, 2.45) is 11.7 Å². The van der Waals surface area contributed by atoms with Gasteiger partial charge in [0.2, 0.25) is 0 Å². The predicted molar refractivity (Wildman–Crippen MR) is 61.0 cm³/mol. The van der Waals surface area contributed by atoms with Gasteiger partial charge in [-0.15, -0.1) is 0 Å². The van der Waals surface area contributed by atoms with Crippen molar-refractivity contribution in [3.05, 3.63) is 35.9 Å². The smallest absolute Gasteiger partial charge is 0.320 e. The van der Waals surface area contributed by atoms with Gasteiger partial charge >= 0.3 is 11.9 Å². The standard InChI is InChI=1S/C12H15NO4/c13-7-6-10(11(14)15)12(16)17-8-9-4-2-1-3-5-9/h1-5,10H,6-8,13H2,(H,14,15). The number of carbonyl (C=O) groups excluding carboxylic acids is 1. The molecule has 1 aromatic carbocycles. The first-order chi connectivity index (χ1) is 8.15. The third kappa shape index (κ3) is 4.24. The van der Waals surface area contributed by atoms with Gasteiger partial charge in [-0.2, -0.15) is 0 Å². The lowest BCUT2D eigenvalue weighted by molar-refractivity contribution is -0.159. The molecule has 0 fully saturated rings.